The third kappa shape index (κ3) is 2.24. The van der Waals surface area contributed by atoms with Crippen LogP contribution in [0.25, 0.3) is 0 Å². The van der Waals surface area contributed by atoms with Gasteiger partial charge >= 0.3 is 5.97 Å². The number of hydrogen-bond donors (Lipinski definition) is 2. The molecule has 0 bridgehead atoms. The van der Waals surface area contributed by atoms with Gasteiger partial charge in [0, 0.05) is 5.57 Å². The molecular weight excluding hydrogens is 228 g/mol. The van der Waals surface area contributed by atoms with Crippen molar-refractivity contribution in [1.29, 1.82) is 0 Å². The highest BCUT2D eigenvalue weighted by Gasteiger charge is 2.46. The Morgan fingerprint density at radius 2 is 2.17 bits per heavy atom. The zero-order chi connectivity index (χ0) is 13.5. The SMILES string of the molecule is C=C1CC(O)C[C@]2(C)CC[C@@H](C(=C)C(=O)O)CC12. The van der Waals surface area contributed by atoms with E-state index in [-0.39, 0.29) is 17.4 Å². The average Bonchev–Trinajstić information content (AvgIpc) is 2.26. The molecule has 2 N–H and O–H groups in total. The third-order valence-corrected chi connectivity index (χ3v) is 4.89. The summed E-state index contributed by atoms with van der Waals surface area (Å²) in [5, 5.41) is 18.9. The van der Waals surface area contributed by atoms with Gasteiger partial charge in [0.2, 0.25) is 0 Å². The van der Waals surface area contributed by atoms with Crippen LogP contribution < -0.4 is 0 Å². The first-order valence-electron chi connectivity index (χ1n) is 6.61. The van der Waals surface area contributed by atoms with Crippen molar-refractivity contribution in [2.45, 2.75) is 45.1 Å². The molecule has 3 heteroatoms. The number of carboxylic acid groups (broad SMARTS) is 1. The first-order valence-corrected chi connectivity index (χ1v) is 6.61. The number of aliphatic carboxylic acids is 1. The van der Waals surface area contributed by atoms with E-state index < -0.39 is 5.97 Å². The first kappa shape index (κ1) is 13.3. The van der Waals surface area contributed by atoms with Crippen molar-refractivity contribution in [2.24, 2.45) is 17.3 Å². The summed E-state index contributed by atoms with van der Waals surface area (Å²) < 4.78 is 0. The van der Waals surface area contributed by atoms with Crippen LogP contribution in [0, 0.1) is 17.3 Å². The lowest BCUT2D eigenvalue weighted by Gasteiger charge is -2.50. The summed E-state index contributed by atoms with van der Waals surface area (Å²) in [6.45, 7) is 9.99. The molecule has 4 atom stereocenters. The summed E-state index contributed by atoms with van der Waals surface area (Å²) >= 11 is 0. The Balaban J connectivity index is 2.16. The minimum absolute atomic E-state index is 0.0626. The van der Waals surface area contributed by atoms with Crippen molar-refractivity contribution >= 4 is 5.97 Å². The summed E-state index contributed by atoms with van der Waals surface area (Å²) in [6.07, 6.45) is 3.82. The fourth-order valence-electron chi connectivity index (χ4n) is 3.82. The molecule has 0 aliphatic heterocycles. The number of rotatable bonds is 2. The molecule has 2 aliphatic carbocycles. The Morgan fingerprint density at radius 3 is 2.78 bits per heavy atom. The number of carboxylic acids is 1. The van der Waals surface area contributed by atoms with E-state index in [2.05, 4.69) is 20.1 Å². The van der Waals surface area contributed by atoms with Gasteiger partial charge < -0.3 is 10.2 Å². The summed E-state index contributed by atoms with van der Waals surface area (Å²) in [5.74, 6) is -0.492. The van der Waals surface area contributed by atoms with Gasteiger partial charge in [0.25, 0.3) is 0 Å². The van der Waals surface area contributed by atoms with Crippen molar-refractivity contribution in [1.82, 2.24) is 0 Å². The molecular formula is C15H22O3. The van der Waals surface area contributed by atoms with E-state index in [1.165, 1.54) is 0 Å². The normalized spacial score (nSPS) is 40.1. The molecule has 0 aromatic heterocycles. The predicted octanol–water partition coefficient (Wildman–Crippen LogP) is 2.76. The lowest BCUT2D eigenvalue weighted by Crippen LogP contribution is -2.43. The maximum atomic E-state index is 11.0. The number of aliphatic hydroxyl groups is 1. The van der Waals surface area contributed by atoms with Gasteiger partial charge in [-0.2, -0.15) is 0 Å². The van der Waals surface area contributed by atoms with Crippen LogP contribution in [0.1, 0.15) is 39.0 Å². The van der Waals surface area contributed by atoms with Gasteiger partial charge in [-0.1, -0.05) is 25.7 Å². The Hall–Kier alpha value is -1.09. The largest absolute Gasteiger partial charge is 0.478 e. The maximum Gasteiger partial charge on any atom is 0.331 e. The zero-order valence-electron chi connectivity index (χ0n) is 11.0. The van der Waals surface area contributed by atoms with Gasteiger partial charge in [-0.05, 0) is 49.4 Å². The van der Waals surface area contributed by atoms with Crippen molar-refractivity contribution in [2.75, 3.05) is 0 Å². The number of aliphatic hydroxyl groups excluding tert-OH is 1. The molecule has 100 valence electrons. The smallest absolute Gasteiger partial charge is 0.331 e. The van der Waals surface area contributed by atoms with Crippen LogP contribution in [0.5, 0.6) is 0 Å². The van der Waals surface area contributed by atoms with Crippen molar-refractivity contribution in [3.63, 3.8) is 0 Å². The van der Waals surface area contributed by atoms with E-state index in [9.17, 15) is 9.90 Å². The third-order valence-electron chi connectivity index (χ3n) is 4.89. The maximum absolute atomic E-state index is 11.0. The number of fused-ring (bicyclic) bond motifs is 1. The second kappa shape index (κ2) is 4.54. The fourth-order valence-corrected chi connectivity index (χ4v) is 3.82. The molecule has 18 heavy (non-hydrogen) atoms. The van der Waals surface area contributed by atoms with Crippen molar-refractivity contribution in [3.05, 3.63) is 24.3 Å². The van der Waals surface area contributed by atoms with E-state index in [1.807, 2.05) is 0 Å². The minimum atomic E-state index is -0.884. The molecule has 3 nitrogen and oxygen atoms in total. The minimum Gasteiger partial charge on any atom is -0.478 e. The van der Waals surface area contributed by atoms with Crippen LogP contribution in [0.4, 0.5) is 0 Å². The monoisotopic (exact) mass is 250 g/mol. The predicted molar refractivity (Wildman–Crippen MR) is 70.1 cm³/mol. The van der Waals surface area contributed by atoms with Crippen LogP contribution in [0.2, 0.25) is 0 Å². The highest BCUT2D eigenvalue weighted by molar-refractivity contribution is 5.86. The summed E-state index contributed by atoms with van der Waals surface area (Å²) in [5.41, 5.74) is 1.50. The van der Waals surface area contributed by atoms with E-state index in [1.54, 1.807) is 0 Å². The molecule has 2 saturated carbocycles. The Labute approximate surface area is 108 Å². The van der Waals surface area contributed by atoms with Gasteiger partial charge in [-0.3, -0.25) is 0 Å². The van der Waals surface area contributed by atoms with Gasteiger partial charge in [0.1, 0.15) is 0 Å². The second-order valence-corrected chi connectivity index (χ2v) is 6.23. The van der Waals surface area contributed by atoms with E-state index >= 15 is 0 Å². The molecule has 2 fully saturated rings. The molecule has 0 radical (unpaired) electrons. The lowest BCUT2D eigenvalue weighted by atomic mass is 9.55. The number of hydrogen-bond acceptors (Lipinski definition) is 2. The Morgan fingerprint density at radius 1 is 1.50 bits per heavy atom. The van der Waals surface area contributed by atoms with E-state index in [0.29, 0.717) is 17.9 Å². The molecule has 0 aromatic carbocycles. The molecule has 2 unspecified atom stereocenters. The van der Waals surface area contributed by atoms with Crippen LogP contribution in [0.15, 0.2) is 24.3 Å². The van der Waals surface area contributed by atoms with Crippen LogP contribution >= 0.6 is 0 Å². The van der Waals surface area contributed by atoms with E-state index in [0.717, 1.165) is 31.3 Å². The topological polar surface area (TPSA) is 57.5 Å². The molecule has 2 aliphatic rings. The summed E-state index contributed by atoms with van der Waals surface area (Å²) in [4.78, 5) is 11.0. The Kier molecular flexibility index (Phi) is 3.37. The highest BCUT2D eigenvalue weighted by Crippen LogP contribution is 2.54. The lowest BCUT2D eigenvalue weighted by molar-refractivity contribution is -0.133. The van der Waals surface area contributed by atoms with Crippen LogP contribution in [-0.4, -0.2) is 22.3 Å². The van der Waals surface area contributed by atoms with Gasteiger partial charge in [-0.25, -0.2) is 4.79 Å². The van der Waals surface area contributed by atoms with Gasteiger partial charge in [0.15, 0.2) is 0 Å². The quantitative estimate of drug-likeness (QED) is 0.585. The van der Waals surface area contributed by atoms with Crippen molar-refractivity contribution < 1.29 is 15.0 Å². The first-order chi connectivity index (χ1) is 8.33. The molecule has 0 saturated heterocycles. The van der Waals surface area contributed by atoms with Crippen LogP contribution in [0.3, 0.4) is 0 Å². The van der Waals surface area contributed by atoms with E-state index in [4.69, 9.17) is 5.11 Å². The zero-order valence-corrected chi connectivity index (χ0v) is 11.0. The molecule has 0 amide bonds. The molecule has 2 rings (SSSR count). The summed E-state index contributed by atoms with van der Waals surface area (Å²) in [6, 6.07) is 0. The fraction of sp³-hybridized carbons (Fsp3) is 0.667. The number of carbonyl (C=O) groups is 1. The second-order valence-electron chi connectivity index (χ2n) is 6.23. The Bertz CT molecular complexity index is 399. The highest BCUT2D eigenvalue weighted by atomic mass is 16.4. The molecule has 0 heterocycles. The van der Waals surface area contributed by atoms with Gasteiger partial charge in [0.05, 0.1) is 6.10 Å². The summed E-state index contributed by atoms with van der Waals surface area (Å²) in [7, 11) is 0. The van der Waals surface area contributed by atoms with Crippen LogP contribution in [-0.2, 0) is 4.79 Å². The molecule has 0 aromatic rings. The van der Waals surface area contributed by atoms with Crippen molar-refractivity contribution in [3.8, 4) is 0 Å². The standard InChI is InChI=1S/C15H22O3/c1-9-6-12(16)8-15(3)5-4-11(7-13(9)15)10(2)14(17)18/h11-13,16H,1-2,4-8H2,3H3,(H,17,18)/t11-,12?,13?,15+/m1/s1. The average molecular weight is 250 g/mol. The van der Waals surface area contributed by atoms with Gasteiger partial charge in [-0.15, -0.1) is 0 Å². The molecule has 0 spiro atoms.